The number of carboxylic acids is 1. The molecule has 19 heavy (non-hydrogen) atoms. The lowest BCUT2D eigenvalue weighted by Crippen LogP contribution is -2.31. The van der Waals surface area contributed by atoms with Crippen LogP contribution in [-0.4, -0.2) is 43.7 Å². The lowest BCUT2D eigenvalue weighted by molar-refractivity contribution is 0.0691. The summed E-state index contributed by atoms with van der Waals surface area (Å²) in [7, 11) is -3.68. The van der Waals surface area contributed by atoms with E-state index in [4.69, 9.17) is 9.84 Å². The molecule has 2 heterocycles. The minimum absolute atomic E-state index is 0.0310. The Kier molecular flexibility index (Phi) is 3.93. The van der Waals surface area contributed by atoms with Crippen LogP contribution in [0.25, 0.3) is 0 Å². The summed E-state index contributed by atoms with van der Waals surface area (Å²) >= 11 is 0. The summed E-state index contributed by atoms with van der Waals surface area (Å²) in [4.78, 5) is 13.0. The first-order valence-electron chi connectivity index (χ1n) is 5.93. The van der Waals surface area contributed by atoms with Crippen LogP contribution in [-0.2, 0) is 14.8 Å². The maximum Gasteiger partial charge on any atom is 0.352 e. The van der Waals surface area contributed by atoms with Crippen molar-refractivity contribution in [1.29, 1.82) is 0 Å². The molecule has 0 amide bonds. The predicted molar refractivity (Wildman–Crippen MR) is 66.5 cm³/mol. The standard InChI is InChI=1S/C11H16N2O5S/c1-7-8(2-3-18-7)5-13-19(16,17)9-4-10(11(14)15)12-6-9/h4,6-8,12-13H,2-3,5H2,1H3,(H,14,15). The van der Waals surface area contributed by atoms with Gasteiger partial charge in [0.25, 0.3) is 0 Å². The van der Waals surface area contributed by atoms with Crippen LogP contribution >= 0.6 is 0 Å². The Morgan fingerprint density at radius 3 is 2.89 bits per heavy atom. The van der Waals surface area contributed by atoms with E-state index in [0.717, 1.165) is 12.5 Å². The first kappa shape index (κ1) is 14.0. The smallest absolute Gasteiger partial charge is 0.352 e. The van der Waals surface area contributed by atoms with E-state index < -0.39 is 16.0 Å². The number of carboxylic acid groups (broad SMARTS) is 1. The molecule has 1 aromatic rings. The highest BCUT2D eigenvalue weighted by Gasteiger charge is 2.26. The first-order valence-corrected chi connectivity index (χ1v) is 7.41. The van der Waals surface area contributed by atoms with Crippen LogP contribution in [0.15, 0.2) is 17.2 Å². The van der Waals surface area contributed by atoms with Crippen molar-refractivity contribution in [2.75, 3.05) is 13.2 Å². The van der Waals surface area contributed by atoms with Gasteiger partial charge < -0.3 is 14.8 Å². The van der Waals surface area contributed by atoms with Gasteiger partial charge in [-0.1, -0.05) is 0 Å². The van der Waals surface area contributed by atoms with Crippen molar-refractivity contribution in [2.45, 2.75) is 24.3 Å². The molecule has 8 heteroatoms. The molecule has 1 fully saturated rings. The zero-order chi connectivity index (χ0) is 14.0. The zero-order valence-corrected chi connectivity index (χ0v) is 11.2. The van der Waals surface area contributed by atoms with Crippen LogP contribution in [0.5, 0.6) is 0 Å². The van der Waals surface area contributed by atoms with Gasteiger partial charge in [-0.3, -0.25) is 0 Å². The largest absolute Gasteiger partial charge is 0.477 e. The van der Waals surface area contributed by atoms with E-state index >= 15 is 0 Å². The van der Waals surface area contributed by atoms with Crippen LogP contribution in [0, 0.1) is 5.92 Å². The molecule has 1 aromatic heterocycles. The summed E-state index contributed by atoms with van der Waals surface area (Å²) in [5.74, 6) is -1.05. The van der Waals surface area contributed by atoms with Crippen LogP contribution in [0.2, 0.25) is 0 Å². The predicted octanol–water partition coefficient (Wildman–Crippen LogP) is 0.416. The van der Waals surface area contributed by atoms with Gasteiger partial charge in [-0.05, 0) is 19.4 Å². The Morgan fingerprint density at radius 1 is 1.63 bits per heavy atom. The molecular weight excluding hydrogens is 272 g/mol. The fourth-order valence-corrected chi connectivity index (χ4v) is 3.08. The van der Waals surface area contributed by atoms with E-state index in [1.807, 2.05) is 6.92 Å². The normalized spacial score (nSPS) is 23.6. The second-order valence-electron chi connectivity index (χ2n) is 4.53. The van der Waals surface area contributed by atoms with E-state index in [-0.39, 0.29) is 29.2 Å². The Hall–Kier alpha value is -1.38. The van der Waals surface area contributed by atoms with E-state index in [1.54, 1.807) is 0 Å². The Labute approximate surface area is 111 Å². The average Bonchev–Trinajstić information content (AvgIpc) is 2.95. The average molecular weight is 288 g/mol. The van der Waals surface area contributed by atoms with Gasteiger partial charge in [0.1, 0.15) is 10.6 Å². The Morgan fingerprint density at radius 2 is 2.37 bits per heavy atom. The molecule has 0 saturated carbocycles. The summed E-state index contributed by atoms with van der Waals surface area (Å²) in [6.07, 6.45) is 2.01. The SMILES string of the molecule is CC1OCCC1CNS(=O)(=O)c1c[nH]c(C(=O)O)c1. The third-order valence-corrected chi connectivity index (χ3v) is 4.67. The quantitative estimate of drug-likeness (QED) is 0.727. The van der Waals surface area contributed by atoms with Crippen LogP contribution in [0.1, 0.15) is 23.8 Å². The van der Waals surface area contributed by atoms with Gasteiger partial charge in [-0.15, -0.1) is 0 Å². The number of hydrogen-bond acceptors (Lipinski definition) is 4. The summed E-state index contributed by atoms with van der Waals surface area (Å²) < 4.78 is 31.8. The van der Waals surface area contributed by atoms with E-state index in [2.05, 4.69) is 9.71 Å². The molecular formula is C11H16N2O5S. The maximum absolute atomic E-state index is 12.0. The number of ether oxygens (including phenoxy) is 1. The van der Waals surface area contributed by atoms with Crippen LogP contribution in [0.4, 0.5) is 0 Å². The molecule has 0 bridgehead atoms. The van der Waals surface area contributed by atoms with Crippen molar-refractivity contribution in [3.05, 3.63) is 18.0 Å². The minimum Gasteiger partial charge on any atom is -0.477 e. The highest BCUT2D eigenvalue weighted by atomic mass is 32.2. The molecule has 1 aliphatic heterocycles. The van der Waals surface area contributed by atoms with E-state index in [9.17, 15) is 13.2 Å². The molecule has 0 aliphatic carbocycles. The molecule has 7 nitrogen and oxygen atoms in total. The molecule has 106 valence electrons. The number of nitrogens with one attached hydrogen (secondary N) is 2. The number of carbonyl (C=O) groups is 1. The first-order chi connectivity index (χ1) is 8.90. The van der Waals surface area contributed by atoms with Crippen LogP contribution in [0.3, 0.4) is 0 Å². The maximum atomic E-state index is 12.0. The van der Waals surface area contributed by atoms with Gasteiger partial charge in [0, 0.05) is 25.3 Å². The lowest BCUT2D eigenvalue weighted by atomic mass is 10.0. The van der Waals surface area contributed by atoms with Gasteiger partial charge in [0.05, 0.1) is 6.10 Å². The van der Waals surface area contributed by atoms with Crippen LogP contribution < -0.4 is 4.72 Å². The zero-order valence-electron chi connectivity index (χ0n) is 10.4. The molecule has 3 N–H and O–H groups in total. The molecule has 0 aromatic carbocycles. The number of aromatic amines is 1. The van der Waals surface area contributed by atoms with E-state index in [0.29, 0.717) is 6.61 Å². The number of aromatic carboxylic acids is 1. The topological polar surface area (TPSA) is 108 Å². The van der Waals surface area contributed by atoms with Crippen molar-refractivity contribution >= 4 is 16.0 Å². The van der Waals surface area contributed by atoms with Gasteiger partial charge in [-0.2, -0.15) is 0 Å². The second-order valence-corrected chi connectivity index (χ2v) is 6.30. The second kappa shape index (κ2) is 5.32. The molecule has 1 saturated heterocycles. The van der Waals surface area contributed by atoms with E-state index in [1.165, 1.54) is 6.20 Å². The van der Waals surface area contributed by atoms with Gasteiger partial charge in [0.15, 0.2) is 0 Å². The third-order valence-electron chi connectivity index (χ3n) is 3.27. The monoisotopic (exact) mass is 288 g/mol. The minimum atomic E-state index is -3.68. The number of rotatable bonds is 5. The summed E-state index contributed by atoms with van der Waals surface area (Å²) in [6, 6.07) is 1.10. The van der Waals surface area contributed by atoms with Gasteiger partial charge in [-0.25, -0.2) is 17.9 Å². The lowest BCUT2D eigenvalue weighted by Gasteiger charge is -2.14. The molecule has 2 rings (SSSR count). The third kappa shape index (κ3) is 3.14. The van der Waals surface area contributed by atoms with Crippen molar-refractivity contribution in [1.82, 2.24) is 9.71 Å². The number of H-pyrrole nitrogens is 1. The Bertz CT molecular complexity index is 565. The highest BCUT2D eigenvalue weighted by molar-refractivity contribution is 7.89. The fraction of sp³-hybridized carbons (Fsp3) is 0.545. The summed E-state index contributed by atoms with van der Waals surface area (Å²) in [5.41, 5.74) is -0.155. The van der Waals surface area contributed by atoms with Gasteiger partial charge >= 0.3 is 5.97 Å². The molecule has 2 unspecified atom stereocenters. The fourth-order valence-electron chi connectivity index (χ4n) is 2.00. The molecule has 2 atom stereocenters. The Balaban J connectivity index is 2.03. The number of sulfonamides is 1. The van der Waals surface area contributed by atoms with Gasteiger partial charge in [0.2, 0.25) is 10.0 Å². The summed E-state index contributed by atoms with van der Waals surface area (Å²) in [5, 5.41) is 8.74. The highest BCUT2D eigenvalue weighted by Crippen LogP contribution is 2.20. The summed E-state index contributed by atoms with van der Waals surface area (Å²) in [6.45, 7) is 2.84. The van der Waals surface area contributed by atoms with Crippen molar-refractivity contribution < 1.29 is 23.1 Å². The molecule has 0 spiro atoms. The van der Waals surface area contributed by atoms with Crippen molar-refractivity contribution in [2.24, 2.45) is 5.92 Å². The molecule has 0 radical (unpaired) electrons. The van der Waals surface area contributed by atoms with Crippen molar-refractivity contribution in [3.63, 3.8) is 0 Å². The number of aromatic nitrogens is 1. The van der Waals surface area contributed by atoms with Crippen molar-refractivity contribution in [3.8, 4) is 0 Å². The molecule has 1 aliphatic rings. The number of hydrogen-bond donors (Lipinski definition) is 3.